The molecule has 0 bridgehead atoms. The lowest BCUT2D eigenvalue weighted by molar-refractivity contribution is -0.116. The predicted molar refractivity (Wildman–Crippen MR) is 115 cm³/mol. The van der Waals surface area contributed by atoms with Gasteiger partial charge in [-0.1, -0.05) is 30.3 Å². The maximum atomic E-state index is 12.2. The number of para-hydroxylation sites is 3. The van der Waals surface area contributed by atoms with Gasteiger partial charge in [-0.15, -0.1) is 0 Å². The van der Waals surface area contributed by atoms with Gasteiger partial charge in [0.15, 0.2) is 5.75 Å². The van der Waals surface area contributed by atoms with Gasteiger partial charge in [0.2, 0.25) is 11.8 Å². The third-order valence-corrected chi connectivity index (χ3v) is 4.01. The lowest BCUT2D eigenvalue weighted by Crippen LogP contribution is -2.16. The smallest absolute Gasteiger partial charge is 0.226 e. The van der Waals surface area contributed by atoms with Gasteiger partial charge in [0.05, 0.1) is 5.69 Å². The van der Waals surface area contributed by atoms with Gasteiger partial charge in [0, 0.05) is 31.3 Å². The minimum absolute atomic E-state index is 0.105. The van der Waals surface area contributed by atoms with Crippen LogP contribution in [0.4, 0.5) is 17.1 Å². The number of hydrogen-bond acceptors (Lipinski definition) is 4. The number of rotatable bonds is 8. The molecule has 0 unspecified atom stereocenters. The average Bonchev–Trinajstić information content (AvgIpc) is 2.71. The van der Waals surface area contributed by atoms with Gasteiger partial charge < -0.3 is 20.7 Å². The fourth-order valence-electron chi connectivity index (χ4n) is 2.69. The van der Waals surface area contributed by atoms with Gasteiger partial charge in [0.1, 0.15) is 5.75 Å². The van der Waals surface area contributed by atoms with Crippen LogP contribution in [0.1, 0.15) is 13.3 Å². The molecular weight excluding hydrogens is 366 g/mol. The van der Waals surface area contributed by atoms with Crippen LogP contribution < -0.4 is 20.7 Å². The van der Waals surface area contributed by atoms with Crippen LogP contribution in [-0.2, 0) is 9.59 Å². The van der Waals surface area contributed by atoms with Crippen LogP contribution in [0.5, 0.6) is 11.5 Å². The molecule has 29 heavy (non-hydrogen) atoms. The maximum Gasteiger partial charge on any atom is 0.226 e. The van der Waals surface area contributed by atoms with E-state index in [0.29, 0.717) is 30.1 Å². The normalized spacial score (nSPS) is 10.1. The van der Waals surface area contributed by atoms with Crippen LogP contribution in [0.25, 0.3) is 0 Å². The number of amides is 2. The summed E-state index contributed by atoms with van der Waals surface area (Å²) in [5.41, 5.74) is 2.19. The van der Waals surface area contributed by atoms with Crippen molar-refractivity contribution >= 4 is 28.9 Å². The van der Waals surface area contributed by atoms with Gasteiger partial charge in [-0.25, -0.2) is 0 Å². The third kappa shape index (κ3) is 6.39. The van der Waals surface area contributed by atoms with Crippen LogP contribution in [0.2, 0.25) is 0 Å². The Balaban J connectivity index is 1.50. The van der Waals surface area contributed by atoms with Crippen molar-refractivity contribution in [3.63, 3.8) is 0 Å². The van der Waals surface area contributed by atoms with Crippen molar-refractivity contribution in [3.8, 4) is 11.5 Å². The molecule has 3 rings (SSSR count). The molecule has 148 valence electrons. The van der Waals surface area contributed by atoms with Gasteiger partial charge in [-0.3, -0.25) is 9.59 Å². The number of carbonyl (C=O) groups is 2. The van der Waals surface area contributed by atoms with Crippen molar-refractivity contribution in [2.75, 3.05) is 22.5 Å². The first-order valence-corrected chi connectivity index (χ1v) is 9.33. The Hall–Kier alpha value is -3.80. The molecule has 0 heterocycles. The van der Waals surface area contributed by atoms with Gasteiger partial charge in [0.25, 0.3) is 0 Å². The van der Waals surface area contributed by atoms with E-state index in [9.17, 15) is 9.59 Å². The molecule has 0 aliphatic carbocycles. The topological polar surface area (TPSA) is 79.5 Å². The Morgan fingerprint density at radius 2 is 1.41 bits per heavy atom. The molecule has 3 aromatic rings. The van der Waals surface area contributed by atoms with Crippen molar-refractivity contribution in [2.24, 2.45) is 0 Å². The molecular formula is C23H23N3O3. The molecule has 0 spiro atoms. The summed E-state index contributed by atoms with van der Waals surface area (Å²) in [5.74, 6) is 1.21. The average molecular weight is 389 g/mol. The summed E-state index contributed by atoms with van der Waals surface area (Å²) in [5, 5.41) is 8.77. The monoisotopic (exact) mass is 389 g/mol. The second-order valence-electron chi connectivity index (χ2n) is 6.39. The SMILES string of the molecule is CC(=O)Nc1ccc(NC(=O)CCNc2ccccc2Oc2ccccc2)cc1. The van der Waals surface area contributed by atoms with E-state index in [1.54, 1.807) is 24.3 Å². The van der Waals surface area contributed by atoms with Crippen molar-refractivity contribution in [2.45, 2.75) is 13.3 Å². The summed E-state index contributed by atoms with van der Waals surface area (Å²) >= 11 is 0. The van der Waals surface area contributed by atoms with Gasteiger partial charge in [-0.05, 0) is 48.5 Å². The Bertz CT molecular complexity index is 957. The number of ether oxygens (including phenoxy) is 1. The zero-order valence-electron chi connectivity index (χ0n) is 16.1. The molecule has 3 N–H and O–H groups in total. The van der Waals surface area contributed by atoms with E-state index in [2.05, 4.69) is 16.0 Å². The second kappa shape index (κ2) is 9.94. The summed E-state index contributed by atoms with van der Waals surface area (Å²) < 4.78 is 5.91. The van der Waals surface area contributed by atoms with E-state index in [-0.39, 0.29) is 11.8 Å². The fourth-order valence-corrected chi connectivity index (χ4v) is 2.69. The summed E-state index contributed by atoms with van der Waals surface area (Å²) in [6.07, 6.45) is 0.299. The highest BCUT2D eigenvalue weighted by Crippen LogP contribution is 2.29. The van der Waals surface area contributed by atoms with Crippen molar-refractivity contribution in [1.29, 1.82) is 0 Å². The van der Waals surface area contributed by atoms with Crippen molar-refractivity contribution in [3.05, 3.63) is 78.9 Å². The van der Waals surface area contributed by atoms with Crippen molar-refractivity contribution in [1.82, 2.24) is 0 Å². The lowest BCUT2D eigenvalue weighted by atomic mass is 10.2. The minimum Gasteiger partial charge on any atom is -0.455 e. The number of nitrogens with one attached hydrogen (secondary N) is 3. The highest BCUT2D eigenvalue weighted by Gasteiger charge is 2.06. The Morgan fingerprint density at radius 3 is 2.10 bits per heavy atom. The van der Waals surface area contributed by atoms with E-state index in [1.165, 1.54) is 6.92 Å². The first kappa shape index (κ1) is 19.9. The fraction of sp³-hybridized carbons (Fsp3) is 0.130. The molecule has 0 saturated carbocycles. The first-order valence-electron chi connectivity index (χ1n) is 9.33. The molecule has 0 aliphatic rings. The Labute approximate surface area is 169 Å². The van der Waals surface area contributed by atoms with E-state index < -0.39 is 0 Å². The highest BCUT2D eigenvalue weighted by atomic mass is 16.5. The predicted octanol–water partition coefficient (Wildman–Crippen LogP) is 4.88. The van der Waals surface area contributed by atoms with E-state index >= 15 is 0 Å². The molecule has 2 amide bonds. The highest BCUT2D eigenvalue weighted by molar-refractivity contribution is 5.92. The summed E-state index contributed by atoms with van der Waals surface area (Å²) in [6.45, 7) is 1.91. The van der Waals surface area contributed by atoms with Gasteiger partial charge >= 0.3 is 0 Å². The summed E-state index contributed by atoms with van der Waals surface area (Å²) in [6, 6.07) is 24.1. The number of carbonyl (C=O) groups excluding carboxylic acids is 2. The molecule has 6 heteroatoms. The van der Waals surface area contributed by atoms with Crippen LogP contribution in [0.3, 0.4) is 0 Å². The van der Waals surface area contributed by atoms with Crippen LogP contribution in [-0.4, -0.2) is 18.4 Å². The minimum atomic E-state index is -0.135. The number of hydrogen-bond donors (Lipinski definition) is 3. The molecule has 0 aliphatic heterocycles. The largest absolute Gasteiger partial charge is 0.455 e. The molecule has 0 aromatic heterocycles. The Morgan fingerprint density at radius 1 is 0.793 bits per heavy atom. The van der Waals surface area contributed by atoms with Crippen LogP contribution in [0, 0.1) is 0 Å². The quantitative estimate of drug-likeness (QED) is 0.513. The third-order valence-electron chi connectivity index (χ3n) is 4.01. The summed E-state index contributed by atoms with van der Waals surface area (Å²) in [7, 11) is 0. The van der Waals surface area contributed by atoms with Crippen LogP contribution >= 0.6 is 0 Å². The lowest BCUT2D eigenvalue weighted by Gasteiger charge is -2.13. The van der Waals surface area contributed by atoms with Gasteiger partial charge in [-0.2, -0.15) is 0 Å². The molecule has 0 saturated heterocycles. The zero-order chi connectivity index (χ0) is 20.5. The summed E-state index contributed by atoms with van der Waals surface area (Å²) in [4.78, 5) is 23.2. The molecule has 0 radical (unpaired) electrons. The van der Waals surface area contributed by atoms with Crippen LogP contribution in [0.15, 0.2) is 78.9 Å². The molecule has 6 nitrogen and oxygen atoms in total. The van der Waals surface area contributed by atoms with E-state index in [1.807, 2.05) is 54.6 Å². The first-order chi connectivity index (χ1) is 14.1. The maximum absolute atomic E-state index is 12.2. The number of anilines is 3. The number of benzene rings is 3. The zero-order valence-corrected chi connectivity index (χ0v) is 16.1. The second-order valence-corrected chi connectivity index (χ2v) is 6.39. The standard InChI is InChI=1S/C23H23N3O3/c1-17(27)25-18-11-13-19(14-12-18)26-23(28)15-16-24-21-9-5-6-10-22(21)29-20-7-3-2-4-8-20/h2-14,24H,15-16H2,1H3,(H,25,27)(H,26,28). The molecule has 0 fully saturated rings. The van der Waals surface area contributed by atoms with E-state index in [0.717, 1.165) is 11.4 Å². The molecule has 0 atom stereocenters. The Kier molecular flexibility index (Phi) is 6.84. The van der Waals surface area contributed by atoms with Crippen molar-refractivity contribution < 1.29 is 14.3 Å². The van der Waals surface area contributed by atoms with E-state index in [4.69, 9.17) is 4.74 Å². The molecule has 3 aromatic carbocycles.